The molecule has 0 aliphatic heterocycles. The van der Waals surface area contributed by atoms with Gasteiger partial charge in [-0.3, -0.25) is 19.9 Å². The van der Waals surface area contributed by atoms with Gasteiger partial charge in [0.1, 0.15) is 17.2 Å². The Morgan fingerprint density at radius 3 is 2.37 bits per heavy atom. The van der Waals surface area contributed by atoms with Gasteiger partial charge in [-0.25, -0.2) is 4.99 Å². The van der Waals surface area contributed by atoms with Crippen molar-refractivity contribution in [1.82, 2.24) is 15.6 Å². The van der Waals surface area contributed by atoms with Crippen molar-refractivity contribution in [2.45, 2.75) is 20.8 Å². The van der Waals surface area contributed by atoms with E-state index in [0.717, 1.165) is 0 Å². The number of hydrogen-bond donors (Lipinski definition) is 3. The molecular formula is C19H23N5O3. The quantitative estimate of drug-likeness (QED) is 0.564. The second-order valence-electron chi connectivity index (χ2n) is 6.75. The highest BCUT2D eigenvalue weighted by molar-refractivity contribution is 5.99. The number of ether oxygens (including phenoxy) is 1. The van der Waals surface area contributed by atoms with E-state index in [2.05, 4.69) is 20.6 Å². The summed E-state index contributed by atoms with van der Waals surface area (Å²) in [4.78, 5) is 31.6. The number of carbonyl (C=O) groups excluding carboxylic acids is 2. The third kappa shape index (κ3) is 5.81. The Morgan fingerprint density at radius 2 is 1.78 bits per heavy atom. The lowest BCUT2D eigenvalue weighted by molar-refractivity contribution is -0.126. The topological polar surface area (TPSA) is 119 Å². The number of rotatable bonds is 4. The van der Waals surface area contributed by atoms with Crippen molar-refractivity contribution >= 4 is 23.5 Å². The van der Waals surface area contributed by atoms with E-state index in [-0.39, 0.29) is 23.5 Å². The van der Waals surface area contributed by atoms with Gasteiger partial charge in [0, 0.05) is 24.7 Å². The Bertz CT molecular complexity index is 854. The van der Waals surface area contributed by atoms with E-state index in [1.807, 2.05) is 0 Å². The number of aliphatic imine (C=N–C) groups is 1. The lowest BCUT2D eigenvalue weighted by Crippen LogP contribution is -2.42. The van der Waals surface area contributed by atoms with Crippen molar-refractivity contribution in [3.8, 4) is 11.5 Å². The fourth-order valence-electron chi connectivity index (χ4n) is 1.92. The molecule has 142 valence electrons. The standard InChI is InChI=1S/C19H23N5O3/c1-19(2,3)17(26)24-18(20)23-12-5-7-13(8-6-12)27-14-9-10-22-15(11-14)16(25)21-4/h5-11H,1-4H3,(H,21,25)(H3,20,23,24,26). The van der Waals surface area contributed by atoms with Crippen LogP contribution in [0.1, 0.15) is 31.3 Å². The van der Waals surface area contributed by atoms with Crippen LogP contribution in [-0.2, 0) is 4.79 Å². The third-order valence-corrected chi connectivity index (χ3v) is 3.44. The van der Waals surface area contributed by atoms with Crippen molar-refractivity contribution < 1.29 is 14.3 Å². The molecule has 27 heavy (non-hydrogen) atoms. The third-order valence-electron chi connectivity index (χ3n) is 3.44. The van der Waals surface area contributed by atoms with Crippen LogP contribution in [0.25, 0.3) is 0 Å². The van der Waals surface area contributed by atoms with E-state index in [9.17, 15) is 9.59 Å². The number of carbonyl (C=O) groups is 2. The number of guanidine groups is 1. The van der Waals surface area contributed by atoms with E-state index < -0.39 is 5.41 Å². The Morgan fingerprint density at radius 1 is 1.11 bits per heavy atom. The lowest BCUT2D eigenvalue weighted by atomic mass is 9.96. The molecule has 8 nitrogen and oxygen atoms in total. The molecule has 2 aromatic rings. The van der Waals surface area contributed by atoms with Gasteiger partial charge in [-0.15, -0.1) is 0 Å². The molecular weight excluding hydrogens is 346 g/mol. The van der Waals surface area contributed by atoms with Crippen LogP contribution in [0.5, 0.6) is 11.5 Å². The van der Waals surface area contributed by atoms with Gasteiger partial charge in [-0.1, -0.05) is 20.8 Å². The summed E-state index contributed by atoms with van der Waals surface area (Å²) in [7, 11) is 1.53. The number of amides is 2. The summed E-state index contributed by atoms with van der Waals surface area (Å²) in [5.74, 6) is 0.552. The number of aromatic nitrogens is 1. The van der Waals surface area contributed by atoms with E-state index in [4.69, 9.17) is 10.5 Å². The summed E-state index contributed by atoms with van der Waals surface area (Å²) >= 11 is 0. The minimum absolute atomic E-state index is 0.0212. The predicted molar refractivity (Wildman–Crippen MR) is 103 cm³/mol. The molecule has 0 spiro atoms. The van der Waals surface area contributed by atoms with Crippen LogP contribution in [0.15, 0.2) is 47.6 Å². The largest absolute Gasteiger partial charge is 0.457 e. The van der Waals surface area contributed by atoms with Crippen LogP contribution in [0, 0.1) is 5.41 Å². The van der Waals surface area contributed by atoms with E-state index in [1.165, 1.54) is 13.2 Å². The van der Waals surface area contributed by atoms with Gasteiger partial charge in [0.2, 0.25) is 11.9 Å². The highest BCUT2D eigenvalue weighted by atomic mass is 16.5. The molecule has 0 atom stereocenters. The number of nitrogens with zero attached hydrogens (tertiary/aromatic N) is 2. The molecule has 0 aliphatic rings. The van der Waals surface area contributed by atoms with Gasteiger partial charge in [-0.2, -0.15) is 0 Å². The smallest absolute Gasteiger partial charge is 0.269 e. The summed E-state index contributed by atoms with van der Waals surface area (Å²) in [5.41, 5.74) is 6.03. The number of benzene rings is 1. The van der Waals surface area contributed by atoms with Crippen molar-refractivity contribution in [2.75, 3.05) is 7.05 Å². The van der Waals surface area contributed by atoms with E-state index in [0.29, 0.717) is 17.2 Å². The number of hydrogen-bond acceptors (Lipinski definition) is 5. The van der Waals surface area contributed by atoms with E-state index in [1.54, 1.807) is 57.2 Å². The number of nitrogens with one attached hydrogen (secondary N) is 2. The van der Waals surface area contributed by atoms with Crippen molar-refractivity contribution in [1.29, 1.82) is 0 Å². The van der Waals surface area contributed by atoms with Crippen molar-refractivity contribution in [3.05, 3.63) is 48.3 Å². The molecule has 0 bridgehead atoms. The van der Waals surface area contributed by atoms with Gasteiger partial charge in [0.05, 0.1) is 5.69 Å². The maximum absolute atomic E-state index is 11.9. The number of nitrogens with two attached hydrogens (primary N) is 1. The zero-order valence-corrected chi connectivity index (χ0v) is 15.7. The summed E-state index contributed by atoms with van der Waals surface area (Å²) in [6, 6.07) is 10.0. The summed E-state index contributed by atoms with van der Waals surface area (Å²) in [5, 5.41) is 5.06. The van der Waals surface area contributed by atoms with Crippen LogP contribution in [0.4, 0.5) is 5.69 Å². The Balaban J connectivity index is 2.06. The molecule has 2 rings (SSSR count). The summed E-state index contributed by atoms with van der Waals surface area (Å²) in [6.45, 7) is 5.36. The highest BCUT2D eigenvalue weighted by Crippen LogP contribution is 2.24. The fraction of sp³-hybridized carbons (Fsp3) is 0.263. The maximum Gasteiger partial charge on any atom is 0.269 e. The van der Waals surface area contributed by atoms with Crippen LogP contribution in [0.2, 0.25) is 0 Å². The lowest BCUT2D eigenvalue weighted by Gasteiger charge is -2.16. The summed E-state index contributed by atoms with van der Waals surface area (Å²) < 4.78 is 5.71. The molecule has 1 aromatic heterocycles. The predicted octanol–water partition coefficient (Wildman–Crippen LogP) is 2.34. The molecule has 2 amide bonds. The second-order valence-corrected chi connectivity index (χ2v) is 6.75. The number of pyridine rings is 1. The molecule has 1 heterocycles. The minimum atomic E-state index is -0.560. The zero-order valence-electron chi connectivity index (χ0n) is 15.7. The Kier molecular flexibility index (Phi) is 6.12. The molecule has 8 heteroatoms. The van der Waals surface area contributed by atoms with Gasteiger partial charge in [0.15, 0.2) is 0 Å². The average Bonchev–Trinajstić information content (AvgIpc) is 2.62. The molecule has 1 aromatic carbocycles. The van der Waals surface area contributed by atoms with Gasteiger partial charge < -0.3 is 15.8 Å². The Labute approximate surface area is 157 Å². The molecule has 0 unspecified atom stereocenters. The first-order valence-corrected chi connectivity index (χ1v) is 8.30. The fourth-order valence-corrected chi connectivity index (χ4v) is 1.92. The molecule has 0 aliphatic carbocycles. The summed E-state index contributed by atoms with van der Waals surface area (Å²) in [6.07, 6.45) is 1.50. The Hall–Kier alpha value is -3.42. The normalized spacial score (nSPS) is 11.6. The van der Waals surface area contributed by atoms with Crippen LogP contribution >= 0.6 is 0 Å². The van der Waals surface area contributed by atoms with E-state index >= 15 is 0 Å². The highest BCUT2D eigenvalue weighted by Gasteiger charge is 2.21. The molecule has 0 saturated carbocycles. The van der Waals surface area contributed by atoms with Crippen LogP contribution < -0.4 is 21.1 Å². The van der Waals surface area contributed by atoms with Crippen molar-refractivity contribution in [3.63, 3.8) is 0 Å². The average molecular weight is 369 g/mol. The van der Waals surface area contributed by atoms with Crippen LogP contribution in [-0.4, -0.2) is 29.8 Å². The molecule has 0 fully saturated rings. The zero-order chi connectivity index (χ0) is 20.0. The molecule has 0 radical (unpaired) electrons. The first kappa shape index (κ1) is 19.9. The van der Waals surface area contributed by atoms with Gasteiger partial charge >= 0.3 is 0 Å². The first-order chi connectivity index (χ1) is 12.7. The second kappa shape index (κ2) is 8.31. The van der Waals surface area contributed by atoms with Crippen molar-refractivity contribution in [2.24, 2.45) is 16.1 Å². The molecule has 4 N–H and O–H groups in total. The maximum atomic E-state index is 11.9. The monoisotopic (exact) mass is 369 g/mol. The molecule has 0 saturated heterocycles. The van der Waals surface area contributed by atoms with Gasteiger partial charge in [-0.05, 0) is 30.3 Å². The van der Waals surface area contributed by atoms with Crippen LogP contribution in [0.3, 0.4) is 0 Å². The first-order valence-electron chi connectivity index (χ1n) is 8.30. The van der Waals surface area contributed by atoms with Gasteiger partial charge in [0.25, 0.3) is 5.91 Å². The SMILES string of the molecule is CNC(=O)c1cc(Oc2ccc(N=C(N)NC(=O)C(C)(C)C)cc2)ccn1. The minimum Gasteiger partial charge on any atom is -0.457 e.